The molecule has 0 bridgehead atoms. The normalized spacial score (nSPS) is 23.4. The Kier molecular flexibility index (Phi) is 7.93. The Morgan fingerprint density at radius 1 is 1.15 bits per heavy atom. The zero-order valence-corrected chi connectivity index (χ0v) is 21.3. The molecule has 3 aliphatic rings. The van der Waals surface area contributed by atoms with Gasteiger partial charge in [-0.05, 0) is 45.3 Å². The standard InChI is InChI=1S/C25H36N4O4S/c1-4-33-25(32)21-22(27-12-14-28(15-13-27)23(30)20-10-7-17-34-20)18-8-5-6-9-19(18)29(24(21)31)16-11-26(2)3/h7,10,17-19H,4-6,8-9,11-16H2,1-3H3. The lowest BCUT2D eigenvalue weighted by atomic mass is 9.76. The molecular weight excluding hydrogens is 452 g/mol. The average molecular weight is 489 g/mol. The van der Waals surface area contributed by atoms with E-state index in [4.69, 9.17) is 4.74 Å². The summed E-state index contributed by atoms with van der Waals surface area (Å²) in [5.41, 5.74) is 1.07. The molecule has 3 heterocycles. The maximum Gasteiger partial charge on any atom is 0.345 e. The summed E-state index contributed by atoms with van der Waals surface area (Å²) in [6.07, 6.45) is 4.11. The molecule has 0 radical (unpaired) electrons. The molecule has 1 saturated carbocycles. The van der Waals surface area contributed by atoms with E-state index in [1.165, 1.54) is 11.3 Å². The van der Waals surface area contributed by atoms with E-state index in [0.29, 0.717) is 32.7 Å². The summed E-state index contributed by atoms with van der Waals surface area (Å²) in [4.78, 5) is 48.5. The van der Waals surface area contributed by atoms with Crippen molar-refractivity contribution in [2.24, 2.45) is 5.92 Å². The lowest BCUT2D eigenvalue weighted by molar-refractivity contribution is -0.145. The van der Waals surface area contributed by atoms with Gasteiger partial charge < -0.3 is 24.3 Å². The molecule has 2 amide bonds. The van der Waals surface area contributed by atoms with E-state index >= 15 is 0 Å². The minimum absolute atomic E-state index is 0.0550. The van der Waals surface area contributed by atoms with E-state index < -0.39 is 5.97 Å². The fraction of sp³-hybridized carbons (Fsp3) is 0.640. The molecule has 0 spiro atoms. The first-order valence-corrected chi connectivity index (χ1v) is 13.2. The quantitative estimate of drug-likeness (QED) is 0.433. The van der Waals surface area contributed by atoms with E-state index in [9.17, 15) is 14.4 Å². The van der Waals surface area contributed by atoms with Crippen LogP contribution in [0.15, 0.2) is 28.8 Å². The highest BCUT2D eigenvalue weighted by molar-refractivity contribution is 7.12. The van der Waals surface area contributed by atoms with Crippen molar-refractivity contribution in [3.05, 3.63) is 33.7 Å². The van der Waals surface area contributed by atoms with Crippen molar-refractivity contribution in [3.63, 3.8) is 0 Å². The number of thiophene rings is 1. The van der Waals surface area contributed by atoms with Gasteiger partial charge in [-0.15, -0.1) is 11.3 Å². The third-order valence-electron chi connectivity index (χ3n) is 7.12. The molecular formula is C25H36N4O4S. The zero-order valence-electron chi connectivity index (χ0n) is 20.5. The van der Waals surface area contributed by atoms with Crippen molar-refractivity contribution in [1.29, 1.82) is 0 Å². The van der Waals surface area contributed by atoms with Crippen molar-refractivity contribution in [2.45, 2.75) is 38.6 Å². The lowest BCUT2D eigenvalue weighted by Gasteiger charge is -2.49. The average Bonchev–Trinajstić information content (AvgIpc) is 3.37. The van der Waals surface area contributed by atoms with Crippen LogP contribution in [0, 0.1) is 5.92 Å². The van der Waals surface area contributed by atoms with Gasteiger partial charge in [0.15, 0.2) is 0 Å². The summed E-state index contributed by atoms with van der Waals surface area (Å²) in [7, 11) is 3.99. The van der Waals surface area contributed by atoms with Gasteiger partial charge in [0.2, 0.25) is 0 Å². The fourth-order valence-corrected chi connectivity index (χ4v) is 6.15. The number of ether oxygens (including phenoxy) is 1. The number of likely N-dealkylation sites (N-methyl/N-ethyl adjacent to an activating group) is 1. The van der Waals surface area contributed by atoms with E-state index in [2.05, 4.69) is 9.80 Å². The predicted molar refractivity (Wildman–Crippen MR) is 131 cm³/mol. The van der Waals surface area contributed by atoms with Crippen LogP contribution in [0.4, 0.5) is 0 Å². The summed E-state index contributed by atoms with van der Waals surface area (Å²) >= 11 is 1.46. The van der Waals surface area contributed by atoms with Crippen LogP contribution in [0.5, 0.6) is 0 Å². The largest absolute Gasteiger partial charge is 0.462 e. The number of esters is 1. The topological polar surface area (TPSA) is 73.4 Å². The Hall–Kier alpha value is -2.39. The molecule has 0 aromatic carbocycles. The number of piperazine rings is 1. The Labute approximate surface area is 206 Å². The number of hydrogen-bond acceptors (Lipinski definition) is 7. The minimum Gasteiger partial charge on any atom is -0.462 e. The van der Waals surface area contributed by atoms with E-state index in [-0.39, 0.29) is 36.0 Å². The molecule has 1 aromatic rings. The van der Waals surface area contributed by atoms with Crippen molar-refractivity contribution < 1.29 is 19.1 Å². The van der Waals surface area contributed by atoms with Crippen molar-refractivity contribution in [2.75, 3.05) is 60.0 Å². The van der Waals surface area contributed by atoms with Crippen LogP contribution in [-0.4, -0.2) is 103 Å². The number of rotatable bonds is 7. The molecule has 34 heavy (non-hydrogen) atoms. The second kappa shape index (κ2) is 10.9. The van der Waals surface area contributed by atoms with Gasteiger partial charge in [0.05, 0.1) is 11.5 Å². The smallest absolute Gasteiger partial charge is 0.345 e. The van der Waals surface area contributed by atoms with Gasteiger partial charge in [-0.1, -0.05) is 18.9 Å². The minimum atomic E-state index is -0.515. The van der Waals surface area contributed by atoms with E-state index in [1.54, 1.807) is 6.92 Å². The molecule has 186 valence electrons. The molecule has 2 atom stereocenters. The van der Waals surface area contributed by atoms with Crippen molar-refractivity contribution >= 4 is 29.1 Å². The number of nitrogens with zero attached hydrogens (tertiary/aromatic N) is 4. The van der Waals surface area contributed by atoms with Gasteiger partial charge >= 0.3 is 5.97 Å². The van der Waals surface area contributed by atoms with Crippen LogP contribution in [0.25, 0.3) is 0 Å². The summed E-state index contributed by atoms with van der Waals surface area (Å²) in [5, 5.41) is 1.92. The second-order valence-electron chi connectivity index (χ2n) is 9.50. The van der Waals surface area contributed by atoms with Gasteiger partial charge in [-0.25, -0.2) is 4.79 Å². The Morgan fingerprint density at radius 2 is 1.88 bits per heavy atom. The maximum absolute atomic E-state index is 13.7. The maximum atomic E-state index is 13.7. The number of fused-ring (bicyclic) bond motifs is 1. The van der Waals surface area contributed by atoms with E-state index in [0.717, 1.165) is 42.8 Å². The lowest BCUT2D eigenvalue weighted by Crippen LogP contribution is -2.58. The molecule has 2 fully saturated rings. The van der Waals surface area contributed by atoms with Crippen molar-refractivity contribution in [1.82, 2.24) is 19.6 Å². The SMILES string of the molecule is CCOC(=O)C1=C(N2CCN(C(=O)c3cccs3)CC2)C2CCCCC2N(CCN(C)C)C1=O. The van der Waals surface area contributed by atoms with Crippen LogP contribution in [-0.2, 0) is 14.3 Å². The molecule has 0 N–H and O–H groups in total. The summed E-state index contributed by atoms with van der Waals surface area (Å²) in [5.74, 6) is -0.527. The molecule has 1 saturated heterocycles. The molecule has 1 aliphatic carbocycles. The van der Waals surface area contributed by atoms with Gasteiger partial charge in [-0.2, -0.15) is 0 Å². The van der Waals surface area contributed by atoms with Crippen LogP contribution in [0.3, 0.4) is 0 Å². The fourth-order valence-electron chi connectivity index (χ4n) is 5.46. The van der Waals surface area contributed by atoms with Crippen LogP contribution >= 0.6 is 11.3 Å². The molecule has 8 nitrogen and oxygen atoms in total. The summed E-state index contributed by atoms with van der Waals surface area (Å²) in [6, 6.07) is 3.86. The van der Waals surface area contributed by atoms with Crippen LogP contribution in [0.2, 0.25) is 0 Å². The number of hydrogen-bond donors (Lipinski definition) is 0. The monoisotopic (exact) mass is 488 g/mol. The molecule has 4 rings (SSSR count). The molecule has 2 unspecified atom stereocenters. The van der Waals surface area contributed by atoms with Gasteiger partial charge in [-0.3, -0.25) is 9.59 Å². The summed E-state index contributed by atoms with van der Waals surface area (Å²) in [6.45, 7) is 5.74. The summed E-state index contributed by atoms with van der Waals surface area (Å²) < 4.78 is 5.39. The first-order valence-electron chi connectivity index (χ1n) is 12.4. The number of carbonyl (C=O) groups is 3. The van der Waals surface area contributed by atoms with E-state index in [1.807, 2.05) is 41.4 Å². The zero-order chi connectivity index (χ0) is 24.2. The van der Waals surface area contributed by atoms with Crippen LogP contribution in [0.1, 0.15) is 42.3 Å². The Balaban J connectivity index is 1.62. The van der Waals surface area contributed by atoms with Gasteiger partial charge in [0, 0.05) is 56.9 Å². The first-order chi connectivity index (χ1) is 16.4. The highest BCUT2D eigenvalue weighted by atomic mass is 32.1. The second-order valence-corrected chi connectivity index (χ2v) is 10.4. The molecule has 1 aromatic heterocycles. The predicted octanol–water partition coefficient (Wildman–Crippen LogP) is 2.29. The third kappa shape index (κ3) is 5.00. The van der Waals surface area contributed by atoms with Gasteiger partial charge in [0.25, 0.3) is 11.8 Å². The highest BCUT2D eigenvalue weighted by Crippen LogP contribution is 2.41. The Bertz CT molecular complexity index is 921. The van der Waals surface area contributed by atoms with Gasteiger partial charge in [0.1, 0.15) is 5.57 Å². The first kappa shape index (κ1) is 24.7. The van der Waals surface area contributed by atoms with Crippen LogP contribution < -0.4 is 0 Å². The highest BCUT2D eigenvalue weighted by Gasteiger charge is 2.47. The third-order valence-corrected chi connectivity index (χ3v) is 7.98. The number of amides is 2. The Morgan fingerprint density at radius 3 is 2.53 bits per heavy atom. The van der Waals surface area contributed by atoms with Crippen molar-refractivity contribution in [3.8, 4) is 0 Å². The molecule has 9 heteroatoms. The number of carbonyl (C=O) groups excluding carboxylic acids is 3. The molecule has 2 aliphatic heterocycles.